The van der Waals surface area contributed by atoms with Crippen molar-refractivity contribution in [3.63, 3.8) is 0 Å². The van der Waals surface area contributed by atoms with Gasteiger partial charge in [0.1, 0.15) is 0 Å². The molecule has 2 saturated carbocycles. The van der Waals surface area contributed by atoms with Gasteiger partial charge in [-0.2, -0.15) is 0 Å². The molecule has 4 rings (SSSR count). The van der Waals surface area contributed by atoms with Crippen LogP contribution in [0.5, 0.6) is 0 Å². The molecule has 1 aromatic carbocycles. The lowest BCUT2D eigenvalue weighted by molar-refractivity contribution is -0.146. The van der Waals surface area contributed by atoms with Gasteiger partial charge in [0.05, 0.1) is 11.8 Å². The SMILES string of the molecule is Cc1ccc(C(=O)NC2CC2)cc1NC(=O)[C@@H]1[C@@H](C(=O)O)[C@H]2C=C[C@H]1C2. The van der Waals surface area contributed by atoms with Crippen molar-refractivity contribution in [3.8, 4) is 0 Å². The van der Waals surface area contributed by atoms with Crippen LogP contribution in [0.4, 0.5) is 5.69 Å². The molecule has 1 aromatic rings. The summed E-state index contributed by atoms with van der Waals surface area (Å²) in [4.78, 5) is 36.7. The summed E-state index contributed by atoms with van der Waals surface area (Å²) in [5.74, 6) is -2.67. The van der Waals surface area contributed by atoms with Crippen LogP contribution in [0.15, 0.2) is 30.4 Å². The topological polar surface area (TPSA) is 95.5 Å². The molecule has 0 spiro atoms. The average molecular weight is 354 g/mol. The summed E-state index contributed by atoms with van der Waals surface area (Å²) in [7, 11) is 0. The van der Waals surface area contributed by atoms with Crippen LogP contribution in [0.25, 0.3) is 0 Å². The number of aliphatic carboxylic acids is 1. The number of anilines is 1. The van der Waals surface area contributed by atoms with Gasteiger partial charge < -0.3 is 15.7 Å². The van der Waals surface area contributed by atoms with Crippen molar-refractivity contribution in [1.82, 2.24) is 5.32 Å². The first kappa shape index (κ1) is 16.8. The highest BCUT2D eigenvalue weighted by Gasteiger charge is 2.51. The quantitative estimate of drug-likeness (QED) is 0.707. The third kappa shape index (κ3) is 3.00. The van der Waals surface area contributed by atoms with Crippen LogP contribution in [0.3, 0.4) is 0 Å². The number of amides is 2. The highest BCUT2D eigenvalue weighted by atomic mass is 16.4. The number of aryl methyl sites for hydroxylation is 1. The van der Waals surface area contributed by atoms with Gasteiger partial charge in [0.15, 0.2) is 0 Å². The van der Waals surface area contributed by atoms with Crippen molar-refractivity contribution < 1.29 is 19.5 Å². The summed E-state index contributed by atoms with van der Waals surface area (Å²) in [6.07, 6.45) is 6.62. The van der Waals surface area contributed by atoms with Gasteiger partial charge in [-0.15, -0.1) is 0 Å². The molecule has 2 fully saturated rings. The van der Waals surface area contributed by atoms with Gasteiger partial charge in [0.25, 0.3) is 5.91 Å². The molecule has 6 heteroatoms. The second kappa shape index (κ2) is 6.27. The summed E-state index contributed by atoms with van der Waals surface area (Å²) in [5, 5.41) is 15.3. The van der Waals surface area contributed by atoms with Crippen molar-refractivity contribution >= 4 is 23.5 Å². The van der Waals surface area contributed by atoms with Gasteiger partial charge >= 0.3 is 5.97 Å². The Morgan fingerprint density at radius 2 is 1.77 bits per heavy atom. The van der Waals surface area contributed by atoms with E-state index in [0.29, 0.717) is 11.3 Å². The van der Waals surface area contributed by atoms with E-state index in [9.17, 15) is 19.5 Å². The van der Waals surface area contributed by atoms with E-state index in [1.54, 1.807) is 18.2 Å². The molecule has 3 N–H and O–H groups in total. The van der Waals surface area contributed by atoms with Crippen LogP contribution >= 0.6 is 0 Å². The third-order valence-electron chi connectivity index (χ3n) is 5.72. The Kier molecular flexibility index (Phi) is 4.05. The molecule has 6 nitrogen and oxygen atoms in total. The van der Waals surface area contributed by atoms with Crippen LogP contribution in [-0.2, 0) is 9.59 Å². The summed E-state index contributed by atoms with van der Waals surface area (Å²) < 4.78 is 0. The number of allylic oxidation sites excluding steroid dienone is 2. The van der Waals surface area contributed by atoms with Crippen molar-refractivity contribution in [2.75, 3.05) is 5.32 Å². The zero-order valence-electron chi connectivity index (χ0n) is 14.6. The highest BCUT2D eigenvalue weighted by molar-refractivity contribution is 6.00. The van der Waals surface area contributed by atoms with Crippen LogP contribution in [-0.4, -0.2) is 28.9 Å². The van der Waals surface area contributed by atoms with Crippen molar-refractivity contribution in [2.45, 2.75) is 32.2 Å². The van der Waals surface area contributed by atoms with Crippen LogP contribution < -0.4 is 10.6 Å². The molecular weight excluding hydrogens is 332 g/mol. The van der Waals surface area contributed by atoms with E-state index >= 15 is 0 Å². The number of carbonyl (C=O) groups is 3. The maximum atomic E-state index is 12.8. The first-order valence-corrected chi connectivity index (χ1v) is 9.07. The molecule has 4 atom stereocenters. The Morgan fingerprint density at radius 1 is 1.08 bits per heavy atom. The normalized spacial score (nSPS) is 28.8. The van der Waals surface area contributed by atoms with E-state index in [2.05, 4.69) is 10.6 Å². The number of fused-ring (bicyclic) bond motifs is 2. The molecule has 0 aliphatic heterocycles. The lowest BCUT2D eigenvalue weighted by atomic mass is 9.82. The third-order valence-corrected chi connectivity index (χ3v) is 5.72. The Morgan fingerprint density at radius 3 is 2.42 bits per heavy atom. The van der Waals surface area contributed by atoms with E-state index in [4.69, 9.17) is 0 Å². The van der Waals surface area contributed by atoms with Crippen molar-refractivity contribution in [3.05, 3.63) is 41.5 Å². The molecule has 0 heterocycles. The summed E-state index contributed by atoms with van der Waals surface area (Å²) in [6, 6.07) is 5.47. The summed E-state index contributed by atoms with van der Waals surface area (Å²) in [6.45, 7) is 1.85. The molecule has 26 heavy (non-hydrogen) atoms. The Bertz CT molecular complexity index is 812. The van der Waals surface area contributed by atoms with E-state index in [-0.39, 0.29) is 29.7 Å². The fourth-order valence-corrected chi connectivity index (χ4v) is 4.13. The Labute approximate surface area is 151 Å². The first-order valence-electron chi connectivity index (χ1n) is 9.07. The molecule has 2 amide bonds. The van der Waals surface area contributed by atoms with Crippen LogP contribution in [0, 0.1) is 30.6 Å². The number of hydrogen-bond acceptors (Lipinski definition) is 3. The number of carboxylic acids is 1. The standard InChI is InChI=1S/C20H22N2O4/c1-10-2-3-13(18(23)21-14-6-7-14)9-15(10)22-19(24)16-11-4-5-12(8-11)17(16)20(25)26/h2-5,9,11-12,14,16-17H,6-8H2,1H3,(H,21,23)(H,22,24)(H,25,26)/t11-,12-,16-,17-/m0/s1. The monoisotopic (exact) mass is 354 g/mol. The molecule has 0 radical (unpaired) electrons. The molecule has 2 bridgehead atoms. The van der Waals surface area contributed by atoms with E-state index in [1.807, 2.05) is 19.1 Å². The minimum atomic E-state index is -0.920. The van der Waals surface area contributed by atoms with Crippen LogP contribution in [0.1, 0.15) is 35.2 Å². The minimum absolute atomic E-state index is 0.0252. The Hall–Kier alpha value is -2.63. The average Bonchev–Trinajstić information content (AvgIpc) is 3.17. The minimum Gasteiger partial charge on any atom is -0.481 e. The molecule has 3 aliphatic carbocycles. The van der Waals surface area contributed by atoms with Gasteiger partial charge in [-0.25, -0.2) is 0 Å². The molecule has 3 aliphatic rings. The second-order valence-electron chi connectivity index (χ2n) is 7.60. The van der Waals surface area contributed by atoms with E-state index in [1.165, 1.54) is 0 Å². The molecule has 136 valence electrons. The van der Waals surface area contributed by atoms with E-state index in [0.717, 1.165) is 24.8 Å². The largest absolute Gasteiger partial charge is 0.481 e. The highest BCUT2D eigenvalue weighted by Crippen LogP contribution is 2.48. The predicted molar refractivity (Wildman–Crippen MR) is 95.6 cm³/mol. The van der Waals surface area contributed by atoms with Gasteiger partial charge in [-0.05, 0) is 55.7 Å². The number of nitrogens with one attached hydrogen (secondary N) is 2. The number of carboxylic acid groups (broad SMARTS) is 1. The van der Waals surface area contributed by atoms with Gasteiger partial charge in [-0.3, -0.25) is 14.4 Å². The van der Waals surface area contributed by atoms with Gasteiger partial charge in [0, 0.05) is 17.3 Å². The first-order chi connectivity index (χ1) is 12.4. The molecule has 0 saturated heterocycles. The van der Waals surface area contributed by atoms with Crippen molar-refractivity contribution in [1.29, 1.82) is 0 Å². The second-order valence-corrected chi connectivity index (χ2v) is 7.60. The Balaban J connectivity index is 1.53. The number of benzene rings is 1. The zero-order valence-corrected chi connectivity index (χ0v) is 14.6. The maximum Gasteiger partial charge on any atom is 0.307 e. The fraction of sp³-hybridized carbons (Fsp3) is 0.450. The molecule has 0 unspecified atom stereocenters. The lowest BCUT2D eigenvalue weighted by Gasteiger charge is -2.24. The lowest BCUT2D eigenvalue weighted by Crippen LogP contribution is -2.36. The molecular formula is C20H22N2O4. The summed E-state index contributed by atoms with van der Waals surface area (Å²) >= 11 is 0. The van der Waals surface area contributed by atoms with Crippen molar-refractivity contribution in [2.24, 2.45) is 23.7 Å². The molecule has 0 aromatic heterocycles. The van der Waals surface area contributed by atoms with Gasteiger partial charge in [0.2, 0.25) is 5.91 Å². The number of rotatable bonds is 5. The number of carbonyl (C=O) groups excluding carboxylic acids is 2. The van der Waals surface area contributed by atoms with Crippen LogP contribution in [0.2, 0.25) is 0 Å². The summed E-state index contributed by atoms with van der Waals surface area (Å²) in [5.41, 5.74) is 1.90. The predicted octanol–water partition coefficient (Wildman–Crippen LogP) is 2.35. The smallest absolute Gasteiger partial charge is 0.307 e. The fourth-order valence-electron chi connectivity index (χ4n) is 4.13. The maximum absolute atomic E-state index is 12.8. The van der Waals surface area contributed by atoms with Gasteiger partial charge in [-0.1, -0.05) is 18.2 Å². The van der Waals surface area contributed by atoms with E-state index < -0.39 is 17.8 Å². The number of hydrogen-bond donors (Lipinski definition) is 3. The zero-order chi connectivity index (χ0) is 18.4.